The van der Waals surface area contributed by atoms with E-state index in [-0.39, 0.29) is 12.1 Å². The van der Waals surface area contributed by atoms with E-state index in [1.165, 1.54) is 0 Å². The molecule has 6 nitrogen and oxygen atoms in total. The molecule has 1 unspecified atom stereocenters. The Morgan fingerprint density at radius 2 is 2.24 bits per heavy atom. The number of nitrogens with zero attached hydrogens (tertiary/aromatic N) is 2. The quantitative estimate of drug-likeness (QED) is 0.903. The van der Waals surface area contributed by atoms with Crippen molar-refractivity contribution in [2.24, 2.45) is 0 Å². The zero-order chi connectivity index (χ0) is 15.5. The molecule has 0 aromatic carbocycles. The van der Waals surface area contributed by atoms with Crippen LogP contribution in [0.2, 0.25) is 0 Å². The Bertz CT molecular complexity index is 499. The fourth-order valence-electron chi connectivity index (χ4n) is 2.35. The summed E-state index contributed by atoms with van der Waals surface area (Å²) >= 11 is 0. The third-order valence-electron chi connectivity index (χ3n) is 3.22. The van der Waals surface area contributed by atoms with E-state index >= 15 is 0 Å². The van der Waals surface area contributed by atoms with Crippen molar-refractivity contribution in [1.29, 1.82) is 0 Å². The van der Waals surface area contributed by atoms with Gasteiger partial charge in [0.05, 0.1) is 13.2 Å². The fraction of sp³-hybridized carbons (Fsp3) is 0.600. The van der Waals surface area contributed by atoms with Gasteiger partial charge in [0.1, 0.15) is 5.60 Å². The molecule has 0 saturated carbocycles. The van der Waals surface area contributed by atoms with Gasteiger partial charge in [-0.15, -0.1) is 0 Å². The van der Waals surface area contributed by atoms with E-state index < -0.39 is 5.60 Å². The molecule has 2 heterocycles. The molecular formula is C15H23N3O3. The van der Waals surface area contributed by atoms with Gasteiger partial charge in [0, 0.05) is 31.4 Å². The van der Waals surface area contributed by atoms with Crippen LogP contribution in [-0.2, 0) is 4.74 Å². The highest BCUT2D eigenvalue weighted by atomic mass is 16.6. The number of methoxy groups -OCH3 is 1. The smallest absolute Gasteiger partial charge is 0.410 e. The second-order valence-corrected chi connectivity index (χ2v) is 6.00. The molecule has 0 radical (unpaired) electrons. The molecule has 21 heavy (non-hydrogen) atoms. The van der Waals surface area contributed by atoms with Gasteiger partial charge in [-0.3, -0.25) is 4.90 Å². The monoisotopic (exact) mass is 293 g/mol. The lowest BCUT2D eigenvalue weighted by Crippen LogP contribution is -2.50. The summed E-state index contributed by atoms with van der Waals surface area (Å²) in [6.45, 7) is 7.60. The van der Waals surface area contributed by atoms with Crippen LogP contribution in [0.25, 0.3) is 0 Å². The van der Waals surface area contributed by atoms with Gasteiger partial charge in [-0.05, 0) is 32.9 Å². The lowest BCUT2D eigenvalue weighted by molar-refractivity contribution is 0.0115. The number of nitrogens with one attached hydrogen (secondary N) is 1. The molecule has 116 valence electrons. The van der Waals surface area contributed by atoms with Gasteiger partial charge >= 0.3 is 6.09 Å². The number of ether oxygens (including phenoxy) is 2. The number of amides is 1. The van der Waals surface area contributed by atoms with E-state index in [1.807, 2.05) is 32.9 Å². The van der Waals surface area contributed by atoms with Gasteiger partial charge < -0.3 is 14.8 Å². The Morgan fingerprint density at radius 1 is 1.48 bits per heavy atom. The molecule has 1 fully saturated rings. The summed E-state index contributed by atoms with van der Waals surface area (Å²) in [5.74, 6) is 0.541. The van der Waals surface area contributed by atoms with Crippen molar-refractivity contribution < 1.29 is 14.3 Å². The van der Waals surface area contributed by atoms with Gasteiger partial charge in [0.15, 0.2) is 0 Å². The largest absolute Gasteiger partial charge is 0.481 e. The first kappa shape index (κ1) is 15.6. The maximum atomic E-state index is 12.4. The van der Waals surface area contributed by atoms with E-state index in [0.717, 1.165) is 12.1 Å². The fourth-order valence-corrected chi connectivity index (χ4v) is 2.35. The number of carbonyl (C=O) groups is 1. The molecule has 1 saturated heterocycles. The van der Waals surface area contributed by atoms with E-state index in [4.69, 9.17) is 9.47 Å². The van der Waals surface area contributed by atoms with Gasteiger partial charge in [-0.1, -0.05) is 0 Å². The Labute approximate surface area is 125 Å². The maximum Gasteiger partial charge on any atom is 0.410 e. The van der Waals surface area contributed by atoms with Crippen LogP contribution >= 0.6 is 0 Å². The molecule has 1 aliphatic heterocycles. The standard InChI is InChI=1S/C15H23N3O3/c1-15(2,3)21-14(19)18-9-8-16-10-12(18)11-6-5-7-17-13(11)20-4/h5-7,12,16H,8-10H2,1-4H3. The third kappa shape index (κ3) is 3.85. The predicted octanol–water partition coefficient (Wildman–Crippen LogP) is 1.97. The minimum absolute atomic E-state index is 0.141. The Balaban J connectivity index is 2.25. The van der Waals surface area contributed by atoms with Crippen molar-refractivity contribution >= 4 is 6.09 Å². The van der Waals surface area contributed by atoms with Crippen LogP contribution in [0.15, 0.2) is 18.3 Å². The minimum Gasteiger partial charge on any atom is -0.481 e. The number of pyridine rings is 1. The second kappa shape index (κ2) is 6.30. The summed E-state index contributed by atoms with van der Waals surface area (Å²) in [4.78, 5) is 18.4. The number of hydrogen-bond acceptors (Lipinski definition) is 5. The van der Waals surface area contributed by atoms with Crippen molar-refractivity contribution in [3.8, 4) is 5.88 Å². The summed E-state index contributed by atoms with van der Waals surface area (Å²) < 4.78 is 10.8. The van der Waals surface area contributed by atoms with Crippen LogP contribution in [-0.4, -0.2) is 48.3 Å². The Kier molecular flexibility index (Phi) is 4.67. The van der Waals surface area contributed by atoms with Crippen LogP contribution < -0.4 is 10.1 Å². The summed E-state index contributed by atoms with van der Waals surface area (Å²) in [6, 6.07) is 3.64. The molecule has 1 aliphatic rings. The molecule has 1 N–H and O–H groups in total. The van der Waals surface area contributed by atoms with Crippen LogP contribution in [0.1, 0.15) is 32.4 Å². The molecular weight excluding hydrogens is 270 g/mol. The lowest BCUT2D eigenvalue weighted by Gasteiger charge is -2.37. The number of rotatable bonds is 2. The first-order valence-corrected chi connectivity index (χ1v) is 7.11. The SMILES string of the molecule is COc1ncccc1C1CNCCN1C(=O)OC(C)(C)C. The normalized spacial score (nSPS) is 19.2. The van der Waals surface area contributed by atoms with E-state index in [1.54, 1.807) is 18.2 Å². The number of carbonyl (C=O) groups excluding carboxylic acids is 1. The first-order chi connectivity index (χ1) is 9.92. The summed E-state index contributed by atoms with van der Waals surface area (Å²) in [7, 11) is 1.58. The maximum absolute atomic E-state index is 12.4. The highest BCUT2D eigenvalue weighted by molar-refractivity contribution is 5.69. The number of aromatic nitrogens is 1. The van der Waals surface area contributed by atoms with Crippen LogP contribution in [0.3, 0.4) is 0 Å². The van der Waals surface area contributed by atoms with E-state index in [9.17, 15) is 4.79 Å². The Morgan fingerprint density at radius 3 is 2.90 bits per heavy atom. The van der Waals surface area contributed by atoms with E-state index in [0.29, 0.717) is 19.0 Å². The van der Waals surface area contributed by atoms with Crippen LogP contribution in [0.5, 0.6) is 5.88 Å². The van der Waals surface area contributed by atoms with Crippen molar-refractivity contribution in [3.05, 3.63) is 23.9 Å². The highest BCUT2D eigenvalue weighted by Crippen LogP contribution is 2.29. The molecule has 1 amide bonds. The summed E-state index contributed by atoms with van der Waals surface area (Å²) in [5.41, 5.74) is 0.379. The van der Waals surface area contributed by atoms with Gasteiger partial charge in [0.25, 0.3) is 0 Å². The highest BCUT2D eigenvalue weighted by Gasteiger charge is 2.33. The molecule has 1 aromatic rings. The topological polar surface area (TPSA) is 63.7 Å². The van der Waals surface area contributed by atoms with Gasteiger partial charge in [-0.2, -0.15) is 0 Å². The molecule has 0 spiro atoms. The average Bonchev–Trinajstić information content (AvgIpc) is 2.45. The van der Waals surface area contributed by atoms with Crippen LogP contribution in [0, 0.1) is 0 Å². The molecule has 6 heteroatoms. The molecule has 2 rings (SSSR count). The average molecular weight is 293 g/mol. The second-order valence-electron chi connectivity index (χ2n) is 6.00. The number of hydrogen-bond donors (Lipinski definition) is 1. The Hall–Kier alpha value is -1.82. The summed E-state index contributed by atoms with van der Waals surface area (Å²) in [6.07, 6.45) is 1.37. The lowest BCUT2D eigenvalue weighted by atomic mass is 10.1. The van der Waals surface area contributed by atoms with Crippen molar-refractivity contribution in [3.63, 3.8) is 0 Å². The third-order valence-corrected chi connectivity index (χ3v) is 3.22. The van der Waals surface area contributed by atoms with Crippen molar-refractivity contribution in [2.45, 2.75) is 32.4 Å². The molecule has 0 aliphatic carbocycles. The number of piperazine rings is 1. The molecule has 0 bridgehead atoms. The molecule has 1 atom stereocenters. The predicted molar refractivity (Wildman–Crippen MR) is 79.3 cm³/mol. The first-order valence-electron chi connectivity index (χ1n) is 7.11. The minimum atomic E-state index is -0.508. The summed E-state index contributed by atoms with van der Waals surface area (Å²) in [5, 5.41) is 3.30. The molecule has 1 aromatic heterocycles. The van der Waals surface area contributed by atoms with Crippen molar-refractivity contribution in [1.82, 2.24) is 15.2 Å². The zero-order valence-electron chi connectivity index (χ0n) is 13.0. The van der Waals surface area contributed by atoms with Gasteiger partial charge in [0.2, 0.25) is 5.88 Å². The zero-order valence-corrected chi connectivity index (χ0v) is 13.0. The van der Waals surface area contributed by atoms with E-state index in [2.05, 4.69) is 10.3 Å². The van der Waals surface area contributed by atoms with Crippen LogP contribution in [0.4, 0.5) is 4.79 Å². The van der Waals surface area contributed by atoms with Crippen molar-refractivity contribution in [2.75, 3.05) is 26.7 Å². The van der Waals surface area contributed by atoms with Gasteiger partial charge in [-0.25, -0.2) is 9.78 Å².